The van der Waals surface area contributed by atoms with Crippen molar-refractivity contribution in [3.05, 3.63) is 64.7 Å². The molecule has 0 spiro atoms. The Kier molecular flexibility index (Phi) is 7.12. The minimum Gasteiger partial charge on any atom is -0.368 e. The molecule has 2 aliphatic heterocycles. The van der Waals surface area contributed by atoms with Gasteiger partial charge in [-0.1, -0.05) is 18.2 Å². The third-order valence-corrected chi connectivity index (χ3v) is 8.54. The number of amides is 1. The number of anilines is 1. The SMILES string of the molecule is CC(=O)N1CCN(c2ccc3c(c2)CCN(S(=O)(=O)N(C)Cc2ccc(C(F)(F)F)cc2)C3)CC1. The molecular weight excluding hydrogens is 481 g/mol. The zero-order chi connectivity index (χ0) is 25.4. The van der Waals surface area contributed by atoms with Gasteiger partial charge in [0, 0.05) is 65.5 Å². The van der Waals surface area contributed by atoms with Crippen LogP contribution in [0.15, 0.2) is 42.5 Å². The Morgan fingerprint density at radius 2 is 1.63 bits per heavy atom. The van der Waals surface area contributed by atoms with Gasteiger partial charge in [-0.15, -0.1) is 0 Å². The fourth-order valence-corrected chi connectivity index (χ4v) is 5.85. The van der Waals surface area contributed by atoms with E-state index in [2.05, 4.69) is 11.0 Å². The van der Waals surface area contributed by atoms with Gasteiger partial charge in [0.2, 0.25) is 5.91 Å². The van der Waals surface area contributed by atoms with E-state index in [1.165, 1.54) is 27.8 Å². The summed E-state index contributed by atoms with van der Waals surface area (Å²) < 4.78 is 67.2. The van der Waals surface area contributed by atoms with Crippen LogP contribution >= 0.6 is 0 Å². The third kappa shape index (κ3) is 5.62. The summed E-state index contributed by atoms with van der Waals surface area (Å²) in [6.45, 7) is 5.01. The first-order valence-electron chi connectivity index (χ1n) is 11.4. The van der Waals surface area contributed by atoms with E-state index in [1.807, 2.05) is 17.0 Å². The Bertz CT molecular complexity index is 1180. The van der Waals surface area contributed by atoms with Crippen LogP contribution in [0.3, 0.4) is 0 Å². The molecule has 0 atom stereocenters. The number of hydrogen-bond acceptors (Lipinski definition) is 4. The number of nitrogens with zero attached hydrogens (tertiary/aromatic N) is 4. The molecule has 2 heterocycles. The van der Waals surface area contributed by atoms with Crippen molar-refractivity contribution in [2.75, 3.05) is 44.7 Å². The smallest absolute Gasteiger partial charge is 0.368 e. The number of hydrogen-bond donors (Lipinski definition) is 0. The van der Waals surface area contributed by atoms with E-state index in [0.29, 0.717) is 31.6 Å². The van der Waals surface area contributed by atoms with E-state index >= 15 is 0 Å². The van der Waals surface area contributed by atoms with Crippen LogP contribution in [-0.4, -0.2) is 67.6 Å². The predicted molar refractivity (Wildman–Crippen MR) is 127 cm³/mol. The molecule has 35 heavy (non-hydrogen) atoms. The maximum atomic E-state index is 13.2. The maximum Gasteiger partial charge on any atom is 0.416 e. The number of carbonyl (C=O) groups is 1. The highest BCUT2D eigenvalue weighted by Crippen LogP contribution is 2.30. The van der Waals surface area contributed by atoms with E-state index in [4.69, 9.17) is 0 Å². The summed E-state index contributed by atoms with van der Waals surface area (Å²) in [5, 5.41) is 0. The summed E-state index contributed by atoms with van der Waals surface area (Å²) in [7, 11) is -2.35. The lowest BCUT2D eigenvalue weighted by Crippen LogP contribution is -2.48. The zero-order valence-electron chi connectivity index (χ0n) is 19.8. The van der Waals surface area contributed by atoms with Gasteiger partial charge < -0.3 is 9.80 Å². The summed E-state index contributed by atoms with van der Waals surface area (Å²) in [6.07, 6.45) is -3.86. The van der Waals surface area contributed by atoms with Crippen LogP contribution in [-0.2, 0) is 40.7 Å². The van der Waals surface area contributed by atoms with Crippen LogP contribution < -0.4 is 4.90 Å². The van der Waals surface area contributed by atoms with Crippen molar-refractivity contribution in [2.45, 2.75) is 32.6 Å². The number of benzene rings is 2. The standard InChI is InChI=1S/C24H29F3N4O3S/c1-18(32)29-11-13-30(14-12-29)23-8-5-21-17-31(10-9-20(21)15-23)35(33,34)28(2)16-19-3-6-22(7-4-19)24(25,26)27/h3-8,15H,9-14,16-17H2,1-2H3. The van der Waals surface area contributed by atoms with Gasteiger partial charge in [-0.2, -0.15) is 30.2 Å². The average molecular weight is 511 g/mol. The van der Waals surface area contributed by atoms with Gasteiger partial charge in [-0.3, -0.25) is 4.79 Å². The summed E-state index contributed by atoms with van der Waals surface area (Å²) in [5.74, 6) is 0.0830. The minimum atomic E-state index is -4.43. The molecular formula is C24H29F3N4O3S. The number of rotatable bonds is 5. The number of alkyl halides is 3. The molecule has 0 radical (unpaired) electrons. The average Bonchev–Trinajstić information content (AvgIpc) is 2.83. The molecule has 2 aliphatic rings. The predicted octanol–water partition coefficient (Wildman–Crippen LogP) is 3.11. The van der Waals surface area contributed by atoms with Gasteiger partial charge in [-0.05, 0) is 47.4 Å². The zero-order valence-corrected chi connectivity index (χ0v) is 20.6. The van der Waals surface area contributed by atoms with Gasteiger partial charge in [0.25, 0.3) is 10.2 Å². The lowest BCUT2D eigenvalue weighted by molar-refractivity contribution is -0.137. The van der Waals surface area contributed by atoms with Gasteiger partial charge in [0.1, 0.15) is 0 Å². The highest BCUT2D eigenvalue weighted by atomic mass is 32.2. The molecule has 0 unspecified atom stereocenters. The normalized spacial score (nSPS) is 17.5. The molecule has 1 saturated heterocycles. The van der Waals surface area contributed by atoms with Crippen molar-refractivity contribution in [1.29, 1.82) is 0 Å². The number of piperazine rings is 1. The van der Waals surface area contributed by atoms with E-state index in [9.17, 15) is 26.4 Å². The summed E-state index contributed by atoms with van der Waals surface area (Å²) >= 11 is 0. The Morgan fingerprint density at radius 1 is 0.971 bits per heavy atom. The maximum absolute atomic E-state index is 13.2. The molecule has 0 saturated carbocycles. The molecule has 0 N–H and O–H groups in total. The van der Waals surface area contributed by atoms with Crippen molar-refractivity contribution in [3.63, 3.8) is 0 Å². The largest absolute Gasteiger partial charge is 0.416 e. The molecule has 11 heteroatoms. The van der Waals surface area contributed by atoms with Crippen LogP contribution in [0, 0.1) is 0 Å². The topological polar surface area (TPSA) is 64.2 Å². The molecule has 2 aromatic carbocycles. The number of fused-ring (bicyclic) bond motifs is 1. The van der Waals surface area contributed by atoms with E-state index in [-0.39, 0.29) is 19.0 Å². The van der Waals surface area contributed by atoms with Gasteiger partial charge in [0.05, 0.1) is 5.56 Å². The molecule has 2 aromatic rings. The van der Waals surface area contributed by atoms with Gasteiger partial charge in [-0.25, -0.2) is 0 Å². The quantitative estimate of drug-likeness (QED) is 0.620. The third-order valence-electron chi connectivity index (χ3n) is 6.66. The van der Waals surface area contributed by atoms with E-state index in [1.54, 1.807) is 6.92 Å². The second-order valence-corrected chi connectivity index (χ2v) is 11.0. The lowest BCUT2D eigenvalue weighted by Gasteiger charge is -2.36. The number of halogens is 3. The highest BCUT2D eigenvalue weighted by molar-refractivity contribution is 7.86. The van der Waals surface area contributed by atoms with Crippen molar-refractivity contribution >= 4 is 21.8 Å². The molecule has 0 bridgehead atoms. The Labute approximate surface area is 203 Å². The first-order chi connectivity index (χ1) is 16.4. The summed E-state index contributed by atoms with van der Waals surface area (Å²) in [6, 6.07) is 10.6. The second kappa shape index (κ2) is 9.79. The summed E-state index contributed by atoms with van der Waals surface area (Å²) in [5.41, 5.74) is 2.83. The molecule has 1 fully saturated rings. The van der Waals surface area contributed by atoms with Crippen LogP contribution in [0.4, 0.5) is 18.9 Å². The monoisotopic (exact) mass is 510 g/mol. The van der Waals surface area contributed by atoms with Crippen LogP contribution in [0.2, 0.25) is 0 Å². The first kappa shape index (κ1) is 25.5. The van der Waals surface area contributed by atoms with E-state index < -0.39 is 21.9 Å². The Balaban J connectivity index is 1.40. The van der Waals surface area contributed by atoms with Gasteiger partial charge >= 0.3 is 6.18 Å². The second-order valence-electron chi connectivity index (χ2n) is 8.99. The fraction of sp³-hybridized carbons (Fsp3) is 0.458. The lowest BCUT2D eigenvalue weighted by atomic mass is 10.00. The summed E-state index contributed by atoms with van der Waals surface area (Å²) in [4.78, 5) is 15.6. The Hall–Kier alpha value is -2.63. The van der Waals surface area contributed by atoms with Crippen molar-refractivity contribution in [1.82, 2.24) is 13.5 Å². The van der Waals surface area contributed by atoms with Crippen molar-refractivity contribution in [2.24, 2.45) is 0 Å². The van der Waals surface area contributed by atoms with Gasteiger partial charge in [0.15, 0.2) is 0 Å². The van der Waals surface area contributed by atoms with Crippen molar-refractivity contribution in [3.8, 4) is 0 Å². The molecule has 7 nitrogen and oxygen atoms in total. The fourth-order valence-electron chi connectivity index (χ4n) is 4.52. The van der Waals surface area contributed by atoms with Crippen LogP contribution in [0.5, 0.6) is 0 Å². The molecule has 0 aliphatic carbocycles. The first-order valence-corrected chi connectivity index (χ1v) is 12.8. The van der Waals surface area contributed by atoms with Crippen molar-refractivity contribution < 1.29 is 26.4 Å². The molecule has 190 valence electrons. The molecule has 4 rings (SSSR count). The van der Waals surface area contributed by atoms with Crippen LogP contribution in [0.1, 0.15) is 29.2 Å². The highest BCUT2D eigenvalue weighted by Gasteiger charge is 2.32. The Morgan fingerprint density at radius 3 is 2.23 bits per heavy atom. The number of carbonyl (C=O) groups excluding carboxylic acids is 1. The molecule has 0 aromatic heterocycles. The van der Waals surface area contributed by atoms with E-state index in [0.717, 1.165) is 42.0 Å². The molecule has 1 amide bonds. The minimum absolute atomic E-state index is 0.0188. The van der Waals surface area contributed by atoms with Crippen LogP contribution in [0.25, 0.3) is 0 Å².